The van der Waals surface area contributed by atoms with E-state index in [0.29, 0.717) is 12.5 Å². The molecule has 0 saturated carbocycles. The number of rotatable bonds is 5. The van der Waals surface area contributed by atoms with Crippen molar-refractivity contribution in [3.63, 3.8) is 0 Å². The quantitative estimate of drug-likeness (QED) is 0.800. The minimum absolute atomic E-state index is 0.0924. The van der Waals surface area contributed by atoms with E-state index in [2.05, 4.69) is 16.8 Å². The zero-order valence-corrected chi connectivity index (χ0v) is 15.3. The molecule has 0 aromatic heterocycles. The van der Waals surface area contributed by atoms with Gasteiger partial charge in [-0.25, -0.2) is 13.2 Å². The van der Waals surface area contributed by atoms with E-state index in [1.54, 1.807) is 0 Å². The number of likely N-dealkylation sites (N-methyl/N-ethyl adjacent to an activating group) is 1. The predicted octanol–water partition coefficient (Wildman–Crippen LogP) is 1.78. The van der Waals surface area contributed by atoms with Crippen molar-refractivity contribution in [3.8, 4) is 0 Å². The second-order valence-corrected chi connectivity index (χ2v) is 7.69. The summed E-state index contributed by atoms with van der Waals surface area (Å²) in [5, 5.41) is 9.75. The van der Waals surface area contributed by atoms with E-state index in [4.69, 9.17) is 0 Å². The molecule has 2 aliphatic heterocycles. The van der Waals surface area contributed by atoms with Gasteiger partial charge in [-0.15, -0.1) is 0 Å². The fourth-order valence-electron chi connectivity index (χ4n) is 4.12. The molecule has 0 aliphatic carbocycles. The van der Waals surface area contributed by atoms with Crippen LogP contribution in [-0.4, -0.2) is 79.3 Å². The maximum atomic E-state index is 13.9. The first-order valence-corrected chi connectivity index (χ1v) is 9.34. The monoisotopic (exact) mass is 371 g/mol. The van der Waals surface area contributed by atoms with E-state index in [9.17, 15) is 18.3 Å². The molecule has 2 saturated heterocycles. The Morgan fingerprint density at radius 2 is 1.73 bits per heavy atom. The van der Waals surface area contributed by atoms with Crippen LogP contribution in [0.2, 0.25) is 0 Å². The average Bonchev–Trinajstić information content (AvgIpc) is 2.89. The number of nitrogens with zero attached hydrogens (tertiary/aromatic N) is 3. The maximum Gasteiger partial charge on any atom is 0.194 e. The van der Waals surface area contributed by atoms with Crippen molar-refractivity contribution < 1.29 is 18.3 Å². The van der Waals surface area contributed by atoms with Gasteiger partial charge in [-0.2, -0.15) is 0 Å². The summed E-state index contributed by atoms with van der Waals surface area (Å²) in [6.45, 7) is 6.83. The molecule has 1 N–H and O–H groups in total. The Labute approximate surface area is 153 Å². The zero-order chi connectivity index (χ0) is 18.7. The van der Waals surface area contributed by atoms with Crippen molar-refractivity contribution >= 4 is 0 Å². The lowest BCUT2D eigenvalue weighted by Crippen LogP contribution is -2.36. The van der Waals surface area contributed by atoms with Gasteiger partial charge in [-0.05, 0) is 44.5 Å². The molecule has 1 aromatic rings. The van der Waals surface area contributed by atoms with Crippen LogP contribution in [0.3, 0.4) is 0 Å². The Hall–Kier alpha value is -1.15. The Morgan fingerprint density at radius 1 is 0.962 bits per heavy atom. The third kappa shape index (κ3) is 4.57. The molecule has 0 spiro atoms. The van der Waals surface area contributed by atoms with E-state index in [1.165, 1.54) is 6.07 Å². The molecule has 4 nitrogen and oxygen atoms in total. The molecule has 0 unspecified atom stereocenters. The number of likely N-dealkylation sites (tertiary alicyclic amines) is 1. The topological polar surface area (TPSA) is 30.0 Å². The van der Waals surface area contributed by atoms with Gasteiger partial charge in [0.05, 0.1) is 0 Å². The lowest BCUT2D eigenvalue weighted by molar-refractivity contribution is 0.165. The van der Waals surface area contributed by atoms with Crippen LogP contribution in [0.4, 0.5) is 13.2 Å². The first-order chi connectivity index (χ1) is 12.5. The van der Waals surface area contributed by atoms with Crippen molar-refractivity contribution in [2.45, 2.75) is 13.0 Å². The van der Waals surface area contributed by atoms with Gasteiger partial charge >= 0.3 is 0 Å². The molecule has 0 radical (unpaired) electrons. The fraction of sp³-hybridized carbons (Fsp3) is 0.684. The third-order valence-corrected chi connectivity index (χ3v) is 5.70. The van der Waals surface area contributed by atoms with Crippen LogP contribution in [0.15, 0.2) is 12.1 Å². The summed E-state index contributed by atoms with van der Waals surface area (Å²) in [4.78, 5) is 6.81. The number of benzene rings is 1. The highest BCUT2D eigenvalue weighted by molar-refractivity contribution is 5.20. The molecule has 7 heteroatoms. The van der Waals surface area contributed by atoms with E-state index >= 15 is 0 Å². The van der Waals surface area contributed by atoms with Gasteiger partial charge in [0, 0.05) is 51.4 Å². The van der Waals surface area contributed by atoms with E-state index < -0.39 is 17.5 Å². The van der Waals surface area contributed by atoms with Gasteiger partial charge < -0.3 is 14.9 Å². The standard InChI is InChI=1S/C19H28F3N3O/c1-23-5-2-6-24(8-7-23)10-15-11-25(12-16(15)13-26)9-14-3-4-17(20)19(22)18(14)21/h3-4,15-16,26H,2,5-13H2,1H3/t15-,16-/m1/s1. The summed E-state index contributed by atoms with van der Waals surface area (Å²) >= 11 is 0. The van der Waals surface area contributed by atoms with Gasteiger partial charge in [-0.1, -0.05) is 6.07 Å². The number of aliphatic hydroxyl groups excluding tert-OH is 1. The van der Waals surface area contributed by atoms with E-state index in [-0.39, 0.29) is 24.6 Å². The van der Waals surface area contributed by atoms with Gasteiger partial charge in [0.15, 0.2) is 17.5 Å². The highest BCUT2D eigenvalue weighted by Crippen LogP contribution is 2.27. The van der Waals surface area contributed by atoms with Crippen LogP contribution in [0, 0.1) is 29.3 Å². The predicted molar refractivity (Wildman–Crippen MR) is 94.2 cm³/mol. The van der Waals surface area contributed by atoms with E-state index in [0.717, 1.165) is 51.8 Å². The van der Waals surface area contributed by atoms with E-state index in [1.807, 2.05) is 4.90 Å². The molecule has 0 amide bonds. The van der Waals surface area contributed by atoms with Crippen molar-refractivity contribution in [1.82, 2.24) is 14.7 Å². The number of hydrogen-bond acceptors (Lipinski definition) is 4. The van der Waals surface area contributed by atoms with Crippen LogP contribution < -0.4 is 0 Å². The van der Waals surface area contributed by atoms with Crippen molar-refractivity contribution in [1.29, 1.82) is 0 Å². The molecule has 2 atom stereocenters. The van der Waals surface area contributed by atoms with Gasteiger partial charge in [0.2, 0.25) is 0 Å². The second kappa shape index (κ2) is 8.69. The van der Waals surface area contributed by atoms with Crippen LogP contribution in [-0.2, 0) is 6.54 Å². The summed E-state index contributed by atoms with van der Waals surface area (Å²) in [7, 11) is 2.13. The van der Waals surface area contributed by atoms with Crippen LogP contribution >= 0.6 is 0 Å². The molecule has 26 heavy (non-hydrogen) atoms. The van der Waals surface area contributed by atoms with Crippen molar-refractivity contribution in [3.05, 3.63) is 35.1 Å². The normalized spacial score (nSPS) is 26.3. The van der Waals surface area contributed by atoms with Crippen LogP contribution in [0.1, 0.15) is 12.0 Å². The van der Waals surface area contributed by atoms with Gasteiger partial charge in [-0.3, -0.25) is 4.90 Å². The Bertz CT molecular complexity index is 616. The highest BCUT2D eigenvalue weighted by atomic mass is 19.2. The summed E-state index contributed by atoms with van der Waals surface area (Å²) in [5.74, 6) is -3.25. The first kappa shape index (κ1) is 19.6. The van der Waals surface area contributed by atoms with Gasteiger partial charge in [0.1, 0.15) is 0 Å². The SMILES string of the molecule is CN1CCCN(C[C@@H]2CN(Cc3ccc(F)c(F)c3F)C[C@@H]2CO)CC1. The highest BCUT2D eigenvalue weighted by Gasteiger charge is 2.34. The van der Waals surface area contributed by atoms with Crippen LogP contribution in [0.5, 0.6) is 0 Å². The number of aliphatic hydroxyl groups is 1. The summed E-state index contributed by atoms with van der Waals surface area (Å²) in [6, 6.07) is 2.28. The number of halogens is 3. The average molecular weight is 371 g/mol. The molecule has 0 bridgehead atoms. The molecular weight excluding hydrogens is 343 g/mol. The minimum atomic E-state index is -1.41. The number of hydrogen-bond donors (Lipinski definition) is 1. The zero-order valence-electron chi connectivity index (χ0n) is 15.3. The minimum Gasteiger partial charge on any atom is -0.396 e. The summed E-state index contributed by atoms with van der Waals surface area (Å²) in [6.07, 6.45) is 1.14. The second-order valence-electron chi connectivity index (χ2n) is 7.69. The molecular formula is C19H28F3N3O. The smallest absolute Gasteiger partial charge is 0.194 e. The Balaban J connectivity index is 1.61. The summed E-state index contributed by atoms with van der Waals surface area (Å²) < 4.78 is 40.5. The molecule has 1 aromatic carbocycles. The van der Waals surface area contributed by atoms with Crippen molar-refractivity contribution in [2.75, 3.05) is 59.5 Å². The van der Waals surface area contributed by atoms with Crippen LogP contribution in [0.25, 0.3) is 0 Å². The largest absolute Gasteiger partial charge is 0.396 e. The first-order valence-electron chi connectivity index (χ1n) is 9.34. The molecule has 2 fully saturated rings. The lowest BCUT2D eigenvalue weighted by atomic mass is 9.96. The Kier molecular flexibility index (Phi) is 6.55. The molecule has 2 heterocycles. The Morgan fingerprint density at radius 3 is 2.50 bits per heavy atom. The molecule has 3 rings (SSSR count). The third-order valence-electron chi connectivity index (χ3n) is 5.70. The molecule has 146 valence electrons. The lowest BCUT2D eigenvalue weighted by Gasteiger charge is -2.26. The van der Waals surface area contributed by atoms with Gasteiger partial charge in [0.25, 0.3) is 0 Å². The molecule has 2 aliphatic rings. The fourth-order valence-corrected chi connectivity index (χ4v) is 4.12. The summed E-state index contributed by atoms with van der Waals surface area (Å²) in [5.41, 5.74) is 0.164. The van der Waals surface area contributed by atoms with Crippen molar-refractivity contribution in [2.24, 2.45) is 11.8 Å². The maximum absolute atomic E-state index is 13.9.